The first-order valence-electron chi connectivity index (χ1n) is 8.53. The molecule has 0 spiro atoms. The Hall–Kier alpha value is -2.75. The number of thioether (sulfide) groups is 1. The molecule has 2 aromatic carbocycles. The number of amides is 1. The molecule has 4 rings (SSSR count). The summed E-state index contributed by atoms with van der Waals surface area (Å²) in [6.07, 6.45) is 2.02. The van der Waals surface area contributed by atoms with E-state index >= 15 is 0 Å². The van der Waals surface area contributed by atoms with E-state index < -0.39 is 0 Å². The van der Waals surface area contributed by atoms with Gasteiger partial charge in [-0.3, -0.25) is 10.1 Å². The summed E-state index contributed by atoms with van der Waals surface area (Å²) >= 11 is 8.69. The molecule has 0 aliphatic carbocycles. The zero-order chi connectivity index (χ0) is 20.4. The van der Waals surface area contributed by atoms with Gasteiger partial charge in [-0.05, 0) is 49.6 Å². The van der Waals surface area contributed by atoms with Gasteiger partial charge in [0.15, 0.2) is 11.5 Å². The number of carbonyl (C=O) groups is 1. The average molecular weight is 443 g/mol. The molecule has 29 heavy (non-hydrogen) atoms. The number of aromatic nitrogens is 5. The fourth-order valence-electron chi connectivity index (χ4n) is 2.69. The highest BCUT2D eigenvalue weighted by Gasteiger charge is 2.18. The lowest BCUT2D eigenvalue weighted by Gasteiger charge is -2.04. The SMILES string of the molecule is CSc1cccc(-n2nnc(-c3nsc(NC(=O)c4cccc(Cl)c4)n3)c2C)c1. The highest BCUT2D eigenvalue weighted by atomic mass is 35.5. The Labute approximate surface area is 180 Å². The topological polar surface area (TPSA) is 85.6 Å². The first kappa shape index (κ1) is 19.6. The lowest BCUT2D eigenvalue weighted by atomic mass is 10.2. The van der Waals surface area contributed by atoms with Crippen molar-refractivity contribution in [2.45, 2.75) is 11.8 Å². The first-order valence-corrected chi connectivity index (χ1v) is 10.9. The molecule has 10 heteroatoms. The normalized spacial score (nSPS) is 10.9. The second-order valence-corrected chi connectivity index (χ2v) is 8.09. The molecule has 0 fully saturated rings. The van der Waals surface area contributed by atoms with Gasteiger partial charge in [0.05, 0.1) is 11.4 Å². The number of nitrogens with zero attached hydrogens (tertiary/aromatic N) is 5. The van der Waals surface area contributed by atoms with Gasteiger partial charge in [0.1, 0.15) is 0 Å². The lowest BCUT2D eigenvalue weighted by molar-refractivity contribution is 0.102. The van der Waals surface area contributed by atoms with Crippen LogP contribution >= 0.6 is 34.9 Å². The summed E-state index contributed by atoms with van der Waals surface area (Å²) in [7, 11) is 0. The lowest BCUT2D eigenvalue weighted by Crippen LogP contribution is -2.11. The maximum Gasteiger partial charge on any atom is 0.257 e. The van der Waals surface area contributed by atoms with Crippen LogP contribution in [0.25, 0.3) is 17.2 Å². The highest BCUT2D eigenvalue weighted by Crippen LogP contribution is 2.25. The van der Waals surface area contributed by atoms with E-state index in [4.69, 9.17) is 11.6 Å². The van der Waals surface area contributed by atoms with E-state index in [9.17, 15) is 4.79 Å². The van der Waals surface area contributed by atoms with Crippen LogP contribution in [-0.2, 0) is 0 Å². The third kappa shape index (κ3) is 4.16. The van der Waals surface area contributed by atoms with Crippen molar-refractivity contribution in [3.05, 3.63) is 64.8 Å². The Morgan fingerprint density at radius 2 is 2.03 bits per heavy atom. The Morgan fingerprint density at radius 3 is 2.83 bits per heavy atom. The maximum atomic E-state index is 12.4. The number of carbonyl (C=O) groups excluding carboxylic acids is 1. The van der Waals surface area contributed by atoms with Gasteiger partial charge in [-0.15, -0.1) is 16.9 Å². The van der Waals surface area contributed by atoms with Crippen LogP contribution in [0.5, 0.6) is 0 Å². The molecule has 4 aromatic rings. The van der Waals surface area contributed by atoms with E-state index in [1.54, 1.807) is 40.7 Å². The molecular formula is C19H15ClN6OS2. The summed E-state index contributed by atoms with van der Waals surface area (Å²) in [6, 6.07) is 14.7. The Balaban J connectivity index is 1.57. The van der Waals surface area contributed by atoms with Crippen LogP contribution in [0.4, 0.5) is 5.13 Å². The second kappa shape index (κ2) is 8.32. The third-order valence-electron chi connectivity index (χ3n) is 4.14. The molecule has 0 aliphatic heterocycles. The van der Waals surface area contributed by atoms with E-state index in [0.717, 1.165) is 27.8 Å². The van der Waals surface area contributed by atoms with E-state index in [1.165, 1.54) is 0 Å². The van der Waals surface area contributed by atoms with Crippen LogP contribution in [-0.4, -0.2) is 36.5 Å². The van der Waals surface area contributed by atoms with Crippen molar-refractivity contribution in [1.82, 2.24) is 24.4 Å². The first-order chi connectivity index (χ1) is 14.0. The minimum absolute atomic E-state index is 0.301. The number of anilines is 1. The molecule has 1 amide bonds. The van der Waals surface area contributed by atoms with Crippen molar-refractivity contribution < 1.29 is 4.79 Å². The zero-order valence-electron chi connectivity index (χ0n) is 15.5. The summed E-state index contributed by atoms with van der Waals surface area (Å²) in [5.74, 6) is 0.116. The van der Waals surface area contributed by atoms with E-state index in [-0.39, 0.29) is 5.91 Å². The number of hydrogen-bond donors (Lipinski definition) is 1. The smallest absolute Gasteiger partial charge is 0.257 e. The van der Waals surface area contributed by atoms with Gasteiger partial charge in [-0.2, -0.15) is 9.36 Å². The molecule has 146 valence electrons. The Morgan fingerprint density at radius 1 is 1.21 bits per heavy atom. The van der Waals surface area contributed by atoms with Gasteiger partial charge >= 0.3 is 0 Å². The molecular weight excluding hydrogens is 428 g/mol. The van der Waals surface area contributed by atoms with Crippen molar-refractivity contribution >= 4 is 45.9 Å². The van der Waals surface area contributed by atoms with E-state index in [2.05, 4.69) is 25.0 Å². The monoisotopic (exact) mass is 442 g/mol. The van der Waals surface area contributed by atoms with Crippen molar-refractivity contribution in [2.75, 3.05) is 11.6 Å². The standard InChI is InChI=1S/C19H15ClN6OS2/c1-11-16(23-25-26(11)14-7-4-8-15(10-14)28-2)17-21-19(29-24-17)22-18(27)12-5-3-6-13(20)9-12/h3-10H,1-2H3,(H,21,22,24,27). The fraction of sp³-hybridized carbons (Fsp3) is 0.105. The molecule has 0 saturated heterocycles. The van der Waals surface area contributed by atoms with Crippen LogP contribution in [0.2, 0.25) is 5.02 Å². The molecule has 0 aliphatic rings. The Bertz CT molecular complexity index is 1190. The third-order valence-corrected chi connectivity index (χ3v) is 5.73. The van der Waals surface area contributed by atoms with Gasteiger partial charge in [-0.25, -0.2) is 4.68 Å². The zero-order valence-corrected chi connectivity index (χ0v) is 17.8. The molecule has 7 nitrogen and oxygen atoms in total. The minimum Gasteiger partial charge on any atom is -0.297 e. The van der Waals surface area contributed by atoms with E-state index in [0.29, 0.717) is 27.2 Å². The fourth-order valence-corrected chi connectivity index (χ4v) is 3.90. The largest absolute Gasteiger partial charge is 0.297 e. The summed E-state index contributed by atoms with van der Waals surface area (Å²) in [4.78, 5) is 17.9. The number of hydrogen-bond acceptors (Lipinski definition) is 7. The second-order valence-electron chi connectivity index (χ2n) is 6.02. The molecule has 2 aromatic heterocycles. The maximum absolute atomic E-state index is 12.4. The summed E-state index contributed by atoms with van der Waals surface area (Å²) in [5, 5.41) is 12.1. The molecule has 0 saturated carbocycles. The van der Waals surface area contributed by atoms with Crippen LogP contribution in [0, 0.1) is 6.92 Å². The predicted octanol–water partition coefficient (Wildman–Crippen LogP) is 4.72. The summed E-state index contributed by atoms with van der Waals surface area (Å²) in [6.45, 7) is 1.91. The number of rotatable bonds is 5. The van der Waals surface area contributed by atoms with Crippen LogP contribution in [0.3, 0.4) is 0 Å². The molecule has 0 atom stereocenters. The van der Waals surface area contributed by atoms with Gasteiger partial charge in [0, 0.05) is 27.0 Å². The molecule has 0 unspecified atom stereocenters. The van der Waals surface area contributed by atoms with Crippen molar-refractivity contribution in [3.8, 4) is 17.2 Å². The van der Waals surface area contributed by atoms with Crippen molar-refractivity contribution in [2.24, 2.45) is 0 Å². The molecule has 2 heterocycles. The summed E-state index contributed by atoms with van der Waals surface area (Å²) in [5.41, 5.74) is 2.75. The van der Waals surface area contributed by atoms with Gasteiger partial charge < -0.3 is 0 Å². The number of benzene rings is 2. The van der Waals surface area contributed by atoms with Crippen LogP contribution < -0.4 is 5.32 Å². The van der Waals surface area contributed by atoms with Gasteiger partial charge in [0.2, 0.25) is 5.13 Å². The van der Waals surface area contributed by atoms with Crippen molar-refractivity contribution in [1.29, 1.82) is 0 Å². The molecule has 1 N–H and O–H groups in total. The predicted molar refractivity (Wildman–Crippen MR) is 116 cm³/mol. The van der Waals surface area contributed by atoms with E-state index in [1.807, 2.05) is 37.4 Å². The minimum atomic E-state index is -0.301. The van der Waals surface area contributed by atoms with Gasteiger partial charge in [0.25, 0.3) is 5.91 Å². The molecule has 0 radical (unpaired) electrons. The Kier molecular flexibility index (Phi) is 5.61. The van der Waals surface area contributed by atoms with Gasteiger partial charge in [-0.1, -0.05) is 28.9 Å². The van der Waals surface area contributed by atoms with Crippen molar-refractivity contribution in [3.63, 3.8) is 0 Å². The van der Waals surface area contributed by atoms with Crippen LogP contribution in [0.15, 0.2) is 53.4 Å². The van der Waals surface area contributed by atoms with Crippen LogP contribution in [0.1, 0.15) is 16.1 Å². The highest BCUT2D eigenvalue weighted by molar-refractivity contribution is 7.98. The summed E-state index contributed by atoms with van der Waals surface area (Å²) < 4.78 is 6.07. The number of nitrogens with one attached hydrogen (secondary N) is 1. The number of halogens is 1. The molecule has 0 bridgehead atoms. The quantitative estimate of drug-likeness (QED) is 0.450. The average Bonchev–Trinajstić information content (AvgIpc) is 3.34.